The maximum Gasteiger partial charge on any atom is 0.341 e. The third-order valence-electron chi connectivity index (χ3n) is 6.57. The largest absolute Gasteiger partial charge is 0.491 e. The number of thiophene rings is 1. The van der Waals surface area contributed by atoms with Gasteiger partial charge in [0.05, 0.1) is 19.4 Å². The third kappa shape index (κ3) is 6.48. The van der Waals surface area contributed by atoms with Crippen molar-refractivity contribution in [1.29, 1.82) is 0 Å². The van der Waals surface area contributed by atoms with Crippen LogP contribution >= 0.6 is 22.7 Å². The van der Waals surface area contributed by atoms with E-state index in [0.29, 0.717) is 24.6 Å². The minimum Gasteiger partial charge on any atom is -0.491 e. The second-order valence-electron chi connectivity index (χ2n) is 9.38. The van der Waals surface area contributed by atoms with Gasteiger partial charge in [-0.1, -0.05) is 36.4 Å². The first-order valence-corrected chi connectivity index (χ1v) is 14.8. The number of rotatable bonds is 11. The van der Waals surface area contributed by atoms with Crippen molar-refractivity contribution < 1.29 is 19.0 Å². The summed E-state index contributed by atoms with van der Waals surface area (Å²) in [6.07, 6.45) is 2.51. The Balaban J connectivity index is 1.54. The van der Waals surface area contributed by atoms with Gasteiger partial charge in [0.2, 0.25) is 0 Å². The predicted octanol–water partition coefficient (Wildman–Crippen LogP) is 7.41. The number of aryl methyl sites for hydroxylation is 1. The van der Waals surface area contributed by atoms with Gasteiger partial charge in [0.1, 0.15) is 23.7 Å². The van der Waals surface area contributed by atoms with Gasteiger partial charge in [-0.3, -0.25) is 0 Å². The molecule has 9 heteroatoms. The summed E-state index contributed by atoms with van der Waals surface area (Å²) >= 11 is 3.18. The Labute approximate surface area is 248 Å². The number of carbonyl (C=O) groups excluding carboxylic acids is 1. The van der Waals surface area contributed by atoms with Crippen molar-refractivity contribution >= 4 is 39.6 Å². The molecule has 0 amide bonds. The van der Waals surface area contributed by atoms with Gasteiger partial charge in [0.25, 0.3) is 0 Å². The Hall–Kier alpha value is -4.05. The van der Waals surface area contributed by atoms with Crippen LogP contribution in [0.4, 0.5) is 10.9 Å². The van der Waals surface area contributed by atoms with E-state index in [0.717, 1.165) is 49.4 Å². The van der Waals surface area contributed by atoms with Crippen LogP contribution in [0.2, 0.25) is 0 Å². The number of aromatic nitrogens is 2. The van der Waals surface area contributed by atoms with Crippen LogP contribution in [0.5, 0.6) is 5.75 Å². The minimum absolute atomic E-state index is 0.385. The molecule has 0 saturated heterocycles. The van der Waals surface area contributed by atoms with Crippen LogP contribution < -0.4 is 9.64 Å². The molecule has 3 heterocycles. The molecule has 0 aliphatic carbocycles. The smallest absolute Gasteiger partial charge is 0.341 e. The van der Waals surface area contributed by atoms with Crippen molar-refractivity contribution in [3.63, 3.8) is 0 Å². The van der Waals surface area contributed by atoms with Crippen molar-refractivity contribution in [2.45, 2.75) is 13.3 Å². The van der Waals surface area contributed by atoms with Gasteiger partial charge in [0.15, 0.2) is 5.13 Å². The summed E-state index contributed by atoms with van der Waals surface area (Å²) < 4.78 is 16.1. The van der Waals surface area contributed by atoms with E-state index < -0.39 is 5.97 Å². The van der Waals surface area contributed by atoms with Crippen LogP contribution in [-0.4, -0.2) is 50.4 Å². The standard InChI is InChI=1S/C32H31N3O4S2/c1-21-17-23(12-13-26(21)39-15-14-37-3)29-28(18-22-9-6-5-7-10-22)41-32(34-29)35(2)30-25(31(36)38-4)19-24(20-33-30)27-11-8-16-40-27/h5-13,16-17,19-20H,14-15,18H2,1-4H3. The highest BCUT2D eigenvalue weighted by atomic mass is 32.1. The Kier molecular flexibility index (Phi) is 9.08. The average Bonchev–Trinajstić information content (AvgIpc) is 3.69. The van der Waals surface area contributed by atoms with E-state index in [1.54, 1.807) is 36.0 Å². The number of methoxy groups -OCH3 is 2. The first-order valence-electron chi connectivity index (χ1n) is 13.1. The molecule has 2 aromatic carbocycles. The lowest BCUT2D eigenvalue weighted by atomic mass is 10.0. The maximum absolute atomic E-state index is 12.9. The van der Waals surface area contributed by atoms with Crippen LogP contribution in [0.15, 0.2) is 78.3 Å². The summed E-state index contributed by atoms with van der Waals surface area (Å²) in [6.45, 7) is 3.05. The number of hydrogen-bond donors (Lipinski definition) is 0. The Bertz CT molecular complexity index is 1620. The first kappa shape index (κ1) is 28.5. The first-order chi connectivity index (χ1) is 20.0. The summed E-state index contributed by atoms with van der Waals surface area (Å²) in [7, 11) is 4.92. The predicted molar refractivity (Wildman–Crippen MR) is 166 cm³/mol. The molecule has 0 unspecified atom stereocenters. The molecule has 0 spiro atoms. The van der Waals surface area contributed by atoms with Crippen LogP contribution in [-0.2, 0) is 15.9 Å². The van der Waals surface area contributed by atoms with Crippen LogP contribution in [0.25, 0.3) is 21.7 Å². The molecular weight excluding hydrogens is 555 g/mol. The summed E-state index contributed by atoms with van der Waals surface area (Å²) in [5.74, 6) is 0.862. The molecule has 0 saturated carbocycles. The fourth-order valence-electron chi connectivity index (χ4n) is 4.46. The zero-order valence-electron chi connectivity index (χ0n) is 23.4. The van der Waals surface area contributed by atoms with Gasteiger partial charge in [-0.25, -0.2) is 14.8 Å². The highest BCUT2D eigenvalue weighted by Gasteiger charge is 2.23. The number of nitrogens with zero attached hydrogens (tertiary/aromatic N) is 3. The molecule has 0 aliphatic rings. The molecule has 0 radical (unpaired) electrons. The third-order valence-corrected chi connectivity index (χ3v) is 8.62. The fraction of sp³-hybridized carbons (Fsp3) is 0.219. The number of esters is 1. The van der Waals surface area contributed by atoms with Crippen LogP contribution in [0, 0.1) is 6.92 Å². The zero-order valence-corrected chi connectivity index (χ0v) is 25.1. The number of thiazole rings is 1. The Morgan fingerprint density at radius 2 is 1.80 bits per heavy atom. The van der Waals surface area contributed by atoms with Gasteiger partial charge < -0.3 is 19.1 Å². The van der Waals surface area contributed by atoms with Gasteiger partial charge in [0, 0.05) is 47.7 Å². The van der Waals surface area contributed by atoms with E-state index in [1.807, 2.05) is 72.8 Å². The van der Waals surface area contributed by atoms with Crippen LogP contribution in [0.1, 0.15) is 26.4 Å². The molecular formula is C32H31N3O4S2. The molecule has 3 aromatic heterocycles. The normalized spacial score (nSPS) is 10.9. The lowest BCUT2D eigenvalue weighted by Crippen LogP contribution is -2.16. The molecule has 0 N–H and O–H groups in total. The highest BCUT2D eigenvalue weighted by Crippen LogP contribution is 2.39. The van der Waals surface area contributed by atoms with Crippen LogP contribution in [0.3, 0.4) is 0 Å². The van der Waals surface area contributed by atoms with E-state index in [1.165, 1.54) is 12.7 Å². The number of carbonyl (C=O) groups is 1. The molecule has 0 bridgehead atoms. The highest BCUT2D eigenvalue weighted by molar-refractivity contribution is 7.16. The topological polar surface area (TPSA) is 73.8 Å². The number of hydrogen-bond acceptors (Lipinski definition) is 9. The van der Waals surface area contributed by atoms with E-state index in [2.05, 4.69) is 18.2 Å². The number of ether oxygens (including phenoxy) is 3. The quantitative estimate of drug-likeness (QED) is 0.118. The van der Waals surface area contributed by atoms with E-state index in [9.17, 15) is 4.79 Å². The van der Waals surface area contributed by atoms with Crippen molar-refractivity contribution in [2.24, 2.45) is 0 Å². The van der Waals surface area contributed by atoms with Crippen molar-refractivity contribution in [2.75, 3.05) is 39.4 Å². The second-order valence-corrected chi connectivity index (χ2v) is 11.4. The van der Waals surface area contributed by atoms with E-state index >= 15 is 0 Å². The molecule has 0 aliphatic heterocycles. The van der Waals surface area contributed by atoms with E-state index in [-0.39, 0.29) is 0 Å². The van der Waals surface area contributed by atoms with Gasteiger partial charge in [-0.15, -0.1) is 22.7 Å². The summed E-state index contributed by atoms with van der Waals surface area (Å²) in [6, 6.07) is 22.3. The molecule has 7 nitrogen and oxygen atoms in total. The minimum atomic E-state index is -0.446. The second kappa shape index (κ2) is 13.1. The van der Waals surface area contributed by atoms with Gasteiger partial charge in [-0.2, -0.15) is 0 Å². The molecule has 5 aromatic rings. The van der Waals surface area contributed by atoms with Crippen molar-refractivity contribution in [3.05, 3.63) is 99.9 Å². The van der Waals surface area contributed by atoms with Crippen molar-refractivity contribution in [3.8, 4) is 27.4 Å². The molecule has 0 atom stereocenters. The summed E-state index contributed by atoms with van der Waals surface area (Å²) in [4.78, 5) is 26.7. The molecule has 210 valence electrons. The molecule has 5 rings (SSSR count). The maximum atomic E-state index is 12.9. The Morgan fingerprint density at radius 1 is 0.976 bits per heavy atom. The number of benzene rings is 2. The summed E-state index contributed by atoms with van der Waals surface area (Å²) in [5.41, 5.74) is 5.35. The number of pyridine rings is 1. The van der Waals surface area contributed by atoms with E-state index in [4.69, 9.17) is 24.2 Å². The average molecular weight is 586 g/mol. The van der Waals surface area contributed by atoms with Crippen molar-refractivity contribution in [1.82, 2.24) is 9.97 Å². The monoisotopic (exact) mass is 585 g/mol. The Morgan fingerprint density at radius 3 is 2.51 bits per heavy atom. The molecule has 41 heavy (non-hydrogen) atoms. The zero-order chi connectivity index (χ0) is 28.8. The van der Waals surface area contributed by atoms with Gasteiger partial charge >= 0.3 is 5.97 Å². The van der Waals surface area contributed by atoms with Gasteiger partial charge in [-0.05, 0) is 53.8 Å². The summed E-state index contributed by atoms with van der Waals surface area (Å²) in [5, 5.41) is 2.73. The fourth-order valence-corrected chi connectivity index (χ4v) is 6.24. The SMILES string of the molecule is COCCOc1ccc(-c2nc(N(C)c3ncc(-c4cccs4)cc3C(=O)OC)sc2Cc2ccccc2)cc1C. The lowest BCUT2D eigenvalue weighted by molar-refractivity contribution is 0.0601. The molecule has 0 fully saturated rings. The lowest BCUT2D eigenvalue weighted by Gasteiger charge is -2.18. The number of anilines is 2.